The number of methoxy groups -OCH3 is 1. The number of nitrogens with one attached hydrogen (secondary N) is 1. The van der Waals surface area contributed by atoms with E-state index in [0.717, 1.165) is 5.56 Å². The molecule has 0 aliphatic rings. The summed E-state index contributed by atoms with van der Waals surface area (Å²) in [5, 5.41) is 12.6. The maximum Gasteiger partial charge on any atom is 0.305 e. The summed E-state index contributed by atoms with van der Waals surface area (Å²) < 4.78 is 4.53. The molecular formula is C16H23NO4. The van der Waals surface area contributed by atoms with Crippen molar-refractivity contribution >= 4 is 11.9 Å². The van der Waals surface area contributed by atoms with E-state index in [1.165, 1.54) is 7.11 Å². The highest BCUT2D eigenvalue weighted by Gasteiger charge is 2.12. The number of aromatic hydroxyl groups is 1. The van der Waals surface area contributed by atoms with E-state index in [1.54, 1.807) is 12.1 Å². The van der Waals surface area contributed by atoms with Crippen molar-refractivity contribution in [2.45, 2.75) is 39.0 Å². The summed E-state index contributed by atoms with van der Waals surface area (Å²) in [6.07, 6.45) is 1.69. The minimum absolute atomic E-state index is 0.00624. The fourth-order valence-corrected chi connectivity index (χ4v) is 1.89. The Hall–Kier alpha value is -2.04. The zero-order valence-electron chi connectivity index (χ0n) is 12.8. The number of carbonyl (C=O) groups excluding carboxylic acids is 2. The van der Waals surface area contributed by atoms with Crippen LogP contribution in [-0.4, -0.2) is 30.6 Å². The van der Waals surface area contributed by atoms with Crippen molar-refractivity contribution in [1.29, 1.82) is 0 Å². The van der Waals surface area contributed by atoms with Gasteiger partial charge in [0.05, 0.1) is 12.7 Å². The Morgan fingerprint density at radius 3 is 2.57 bits per heavy atom. The van der Waals surface area contributed by atoms with Crippen molar-refractivity contribution in [2.75, 3.05) is 13.7 Å². The summed E-state index contributed by atoms with van der Waals surface area (Å²) in [6, 6.07) is 5.10. The lowest BCUT2D eigenvalue weighted by Gasteiger charge is -2.10. The molecule has 116 valence electrons. The zero-order valence-corrected chi connectivity index (χ0v) is 12.8. The van der Waals surface area contributed by atoms with E-state index in [1.807, 2.05) is 19.9 Å². The zero-order chi connectivity index (χ0) is 15.8. The van der Waals surface area contributed by atoms with E-state index in [-0.39, 0.29) is 23.2 Å². The fraction of sp³-hybridized carbons (Fsp3) is 0.500. The number of amides is 1. The molecule has 0 fully saturated rings. The van der Waals surface area contributed by atoms with Gasteiger partial charge in [0.2, 0.25) is 0 Å². The molecule has 2 N–H and O–H groups in total. The van der Waals surface area contributed by atoms with Crippen LogP contribution in [0.5, 0.6) is 5.75 Å². The first-order chi connectivity index (χ1) is 9.95. The van der Waals surface area contributed by atoms with Gasteiger partial charge in [0.25, 0.3) is 5.91 Å². The summed E-state index contributed by atoms with van der Waals surface area (Å²) in [5.41, 5.74) is 1.26. The standard InChI is InChI=1S/C16H23NO4/c1-11(2)12-7-8-13(14(18)10-12)16(20)17-9-5-4-6-15(19)21-3/h7-8,10-11,18H,4-6,9H2,1-3H3,(H,17,20). The average molecular weight is 293 g/mol. The SMILES string of the molecule is COC(=O)CCCCNC(=O)c1ccc(C(C)C)cc1O. The van der Waals surface area contributed by atoms with Crippen LogP contribution >= 0.6 is 0 Å². The molecule has 1 amide bonds. The van der Waals surface area contributed by atoms with Crippen LogP contribution in [0.2, 0.25) is 0 Å². The van der Waals surface area contributed by atoms with Gasteiger partial charge in [-0.05, 0) is 36.5 Å². The molecule has 1 aromatic carbocycles. The van der Waals surface area contributed by atoms with Gasteiger partial charge in [-0.3, -0.25) is 9.59 Å². The fourth-order valence-electron chi connectivity index (χ4n) is 1.89. The van der Waals surface area contributed by atoms with E-state index >= 15 is 0 Å². The van der Waals surface area contributed by atoms with Crippen LogP contribution in [-0.2, 0) is 9.53 Å². The number of rotatable bonds is 7. The van der Waals surface area contributed by atoms with Crippen molar-refractivity contribution in [3.8, 4) is 5.75 Å². The third-order valence-corrected chi connectivity index (χ3v) is 3.25. The summed E-state index contributed by atoms with van der Waals surface area (Å²) >= 11 is 0. The second-order valence-electron chi connectivity index (χ2n) is 5.22. The van der Waals surface area contributed by atoms with Crippen LogP contribution in [0.1, 0.15) is 54.9 Å². The number of phenols is 1. The minimum atomic E-state index is -0.305. The molecule has 21 heavy (non-hydrogen) atoms. The number of benzene rings is 1. The van der Waals surface area contributed by atoms with Gasteiger partial charge in [-0.1, -0.05) is 19.9 Å². The molecule has 0 heterocycles. The maximum atomic E-state index is 11.9. The number of carbonyl (C=O) groups is 2. The lowest BCUT2D eigenvalue weighted by atomic mass is 10.0. The van der Waals surface area contributed by atoms with E-state index < -0.39 is 0 Å². The Balaban J connectivity index is 2.44. The van der Waals surface area contributed by atoms with Crippen molar-refractivity contribution in [1.82, 2.24) is 5.32 Å². The molecule has 0 saturated heterocycles. The third-order valence-electron chi connectivity index (χ3n) is 3.25. The quantitative estimate of drug-likeness (QED) is 0.598. The molecule has 0 atom stereocenters. The molecular weight excluding hydrogens is 270 g/mol. The Morgan fingerprint density at radius 1 is 1.29 bits per heavy atom. The first kappa shape index (κ1) is 17.0. The van der Waals surface area contributed by atoms with Crippen LogP contribution < -0.4 is 5.32 Å². The predicted molar refractivity (Wildman–Crippen MR) is 80.4 cm³/mol. The van der Waals surface area contributed by atoms with Gasteiger partial charge in [0.15, 0.2) is 0 Å². The summed E-state index contributed by atoms with van der Waals surface area (Å²) in [5.74, 6) is -0.260. The van der Waals surface area contributed by atoms with E-state index in [0.29, 0.717) is 31.7 Å². The number of unbranched alkanes of at least 4 members (excludes halogenated alkanes) is 1. The highest BCUT2D eigenvalue weighted by molar-refractivity contribution is 5.96. The van der Waals surface area contributed by atoms with E-state index in [4.69, 9.17) is 0 Å². The summed E-state index contributed by atoms with van der Waals surface area (Å²) in [6.45, 7) is 4.51. The van der Waals surface area contributed by atoms with E-state index in [9.17, 15) is 14.7 Å². The first-order valence-corrected chi connectivity index (χ1v) is 7.13. The Kier molecular flexibility index (Phi) is 6.72. The second kappa shape index (κ2) is 8.29. The van der Waals surface area contributed by atoms with Crippen LogP contribution in [0.4, 0.5) is 0 Å². The van der Waals surface area contributed by atoms with Crippen LogP contribution in [0.25, 0.3) is 0 Å². The summed E-state index contributed by atoms with van der Waals surface area (Å²) in [4.78, 5) is 22.9. The Bertz CT molecular complexity index is 497. The van der Waals surface area contributed by atoms with Gasteiger partial charge >= 0.3 is 5.97 Å². The number of ether oxygens (including phenoxy) is 1. The third kappa shape index (κ3) is 5.45. The van der Waals surface area contributed by atoms with Crippen molar-refractivity contribution in [3.05, 3.63) is 29.3 Å². The molecule has 5 nitrogen and oxygen atoms in total. The summed E-state index contributed by atoms with van der Waals surface area (Å²) in [7, 11) is 1.35. The van der Waals surface area contributed by atoms with E-state index in [2.05, 4.69) is 10.1 Å². The first-order valence-electron chi connectivity index (χ1n) is 7.13. The minimum Gasteiger partial charge on any atom is -0.507 e. The van der Waals surface area contributed by atoms with Gasteiger partial charge < -0.3 is 15.2 Å². The molecule has 0 bridgehead atoms. The molecule has 0 radical (unpaired) electrons. The Labute approximate surface area is 125 Å². The lowest BCUT2D eigenvalue weighted by molar-refractivity contribution is -0.140. The predicted octanol–water partition coefficient (Wildman–Crippen LogP) is 2.59. The smallest absolute Gasteiger partial charge is 0.305 e. The normalized spacial score (nSPS) is 10.5. The molecule has 0 aliphatic heterocycles. The second-order valence-corrected chi connectivity index (χ2v) is 5.22. The van der Waals surface area contributed by atoms with Gasteiger partial charge in [-0.2, -0.15) is 0 Å². The van der Waals surface area contributed by atoms with Crippen molar-refractivity contribution < 1.29 is 19.4 Å². The Morgan fingerprint density at radius 2 is 2.00 bits per heavy atom. The molecule has 0 saturated carbocycles. The number of hydrogen-bond donors (Lipinski definition) is 2. The molecule has 1 aromatic rings. The molecule has 0 aromatic heterocycles. The van der Waals surface area contributed by atoms with Gasteiger partial charge in [-0.15, -0.1) is 0 Å². The van der Waals surface area contributed by atoms with Crippen molar-refractivity contribution in [2.24, 2.45) is 0 Å². The molecule has 0 unspecified atom stereocenters. The number of hydrogen-bond acceptors (Lipinski definition) is 4. The van der Waals surface area contributed by atoms with Gasteiger partial charge in [0.1, 0.15) is 5.75 Å². The highest BCUT2D eigenvalue weighted by atomic mass is 16.5. The molecule has 0 spiro atoms. The lowest BCUT2D eigenvalue weighted by Crippen LogP contribution is -2.24. The number of esters is 1. The highest BCUT2D eigenvalue weighted by Crippen LogP contribution is 2.23. The number of phenolic OH excluding ortho intramolecular Hbond substituents is 1. The largest absolute Gasteiger partial charge is 0.507 e. The molecule has 5 heteroatoms. The van der Waals surface area contributed by atoms with Crippen molar-refractivity contribution in [3.63, 3.8) is 0 Å². The van der Waals surface area contributed by atoms with Gasteiger partial charge in [0, 0.05) is 13.0 Å². The average Bonchev–Trinajstić information content (AvgIpc) is 2.46. The molecule has 1 rings (SSSR count). The van der Waals surface area contributed by atoms with Crippen LogP contribution in [0.3, 0.4) is 0 Å². The van der Waals surface area contributed by atoms with Gasteiger partial charge in [-0.25, -0.2) is 0 Å². The van der Waals surface area contributed by atoms with Crippen LogP contribution in [0.15, 0.2) is 18.2 Å². The monoisotopic (exact) mass is 293 g/mol. The topological polar surface area (TPSA) is 75.6 Å². The van der Waals surface area contributed by atoms with Crippen LogP contribution in [0, 0.1) is 0 Å². The molecule has 0 aliphatic carbocycles. The maximum absolute atomic E-state index is 11.9.